The highest BCUT2D eigenvalue weighted by atomic mass is 19.4. The van der Waals surface area contributed by atoms with Crippen LogP contribution in [0.2, 0.25) is 0 Å². The van der Waals surface area contributed by atoms with Gasteiger partial charge in [-0.3, -0.25) is 0 Å². The zero-order valence-electron chi connectivity index (χ0n) is 11.0. The number of aromatic nitrogens is 2. The molecule has 0 saturated heterocycles. The maximum Gasteiger partial charge on any atom is 0.389 e. The van der Waals surface area contributed by atoms with Crippen molar-refractivity contribution in [1.29, 1.82) is 0 Å². The first-order chi connectivity index (χ1) is 9.78. The maximum atomic E-state index is 11.9. The predicted molar refractivity (Wildman–Crippen MR) is 65.9 cm³/mol. The lowest BCUT2D eigenvalue weighted by Crippen LogP contribution is -2.37. The van der Waals surface area contributed by atoms with Crippen LogP contribution in [0.5, 0.6) is 0 Å². The third kappa shape index (κ3) is 7.18. The van der Waals surface area contributed by atoms with Crippen molar-refractivity contribution in [2.75, 3.05) is 13.1 Å². The molecule has 1 heterocycles. The number of rotatable bonds is 7. The smallest absolute Gasteiger partial charge is 0.389 e. The summed E-state index contributed by atoms with van der Waals surface area (Å²) in [6.07, 6.45) is -2.72. The van der Waals surface area contributed by atoms with Gasteiger partial charge in [0, 0.05) is 32.3 Å². The fraction of sp³-hybridized carbons (Fsp3) is 0.545. The first kappa shape index (κ1) is 16.8. The van der Waals surface area contributed by atoms with E-state index < -0.39 is 24.6 Å². The Kier molecular flexibility index (Phi) is 6.00. The summed E-state index contributed by atoms with van der Waals surface area (Å²) in [4.78, 5) is 25.5. The van der Waals surface area contributed by atoms with E-state index in [1.54, 1.807) is 0 Å². The second-order valence-corrected chi connectivity index (χ2v) is 4.20. The second kappa shape index (κ2) is 7.50. The van der Waals surface area contributed by atoms with Crippen LogP contribution in [0.1, 0.15) is 23.3 Å². The number of carboxylic acids is 1. The minimum absolute atomic E-state index is 0.0699. The van der Waals surface area contributed by atoms with Gasteiger partial charge in [-0.25, -0.2) is 14.6 Å². The van der Waals surface area contributed by atoms with E-state index in [1.807, 2.05) is 0 Å². The highest BCUT2D eigenvalue weighted by molar-refractivity contribution is 5.84. The Morgan fingerprint density at radius 1 is 1.29 bits per heavy atom. The molecule has 0 saturated carbocycles. The standard InChI is InChI=1S/C11H15F3N4O3/c12-11(13,14)2-1-3-15-10(21)16-4-5-18-6-8(9(19)20)17-7-18/h6-7H,1-5H2,(H,19,20)(H2,15,16,21). The van der Waals surface area contributed by atoms with Crippen molar-refractivity contribution in [2.45, 2.75) is 25.6 Å². The molecular formula is C11H15F3N4O3. The maximum absolute atomic E-state index is 11.9. The SMILES string of the molecule is O=C(NCCCC(F)(F)F)NCCn1cnc(C(=O)O)c1. The minimum atomic E-state index is -4.22. The number of halogens is 3. The number of hydrogen-bond donors (Lipinski definition) is 3. The predicted octanol–water partition coefficient (Wildman–Crippen LogP) is 1.22. The number of amides is 2. The summed E-state index contributed by atoms with van der Waals surface area (Å²) < 4.78 is 37.0. The number of carbonyl (C=O) groups is 2. The van der Waals surface area contributed by atoms with Crippen LogP contribution in [-0.4, -0.2) is 45.9 Å². The summed E-state index contributed by atoms with van der Waals surface area (Å²) >= 11 is 0. The number of aromatic carboxylic acids is 1. The highest BCUT2D eigenvalue weighted by Crippen LogP contribution is 2.20. The van der Waals surface area contributed by atoms with E-state index in [2.05, 4.69) is 15.6 Å². The lowest BCUT2D eigenvalue weighted by molar-refractivity contribution is -0.135. The lowest BCUT2D eigenvalue weighted by Gasteiger charge is -2.09. The van der Waals surface area contributed by atoms with Gasteiger partial charge < -0.3 is 20.3 Å². The molecule has 7 nitrogen and oxygen atoms in total. The Morgan fingerprint density at radius 3 is 2.52 bits per heavy atom. The molecule has 0 aliphatic heterocycles. The average Bonchev–Trinajstić information content (AvgIpc) is 2.82. The van der Waals surface area contributed by atoms with E-state index in [9.17, 15) is 22.8 Å². The molecule has 0 spiro atoms. The van der Waals surface area contributed by atoms with Crippen molar-refractivity contribution in [3.63, 3.8) is 0 Å². The van der Waals surface area contributed by atoms with Gasteiger partial charge in [0.05, 0.1) is 6.33 Å². The molecule has 1 aromatic rings. The molecule has 0 bridgehead atoms. The summed E-state index contributed by atoms with van der Waals surface area (Å²) in [5.74, 6) is -1.15. The molecule has 1 rings (SSSR count). The molecule has 10 heteroatoms. The number of nitrogens with zero attached hydrogens (tertiary/aromatic N) is 2. The van der Waals surface area contributed by atoms with E-state index in [4.69, 9.17) is 5.11 Å². The van der Waals surface area contributed by atoms with Crippen molar-refractivity contribution in [1.82, 2.24) is 20.2 Å². The van der Waals surface area contributed by atoms with Crippen molar-refractivity contribution in [3.05, 3.63) is 18.2 Å². The van der Waals surface area contributed by atoms with Crippen LogP contribution >= 0.6 is 0 Å². The molecule has 0 unspecified atom stereocenters. The van der Waals surface area contributed by atoms with Crippen LogP contribution in [0.25, 0.3) is 0 Å². The molecule has 0 aliphatic carbocycles. The van der Waals surface area contributed by atoms with E-state index in [0.29, 0.717) is 6.54 Å². The van der Waals surface area contributed by atoms with Crippen LogP contribution in [-0.2, 0) is 6.54 Å². The van der Waals surface area contributed by atoms with E-state index in [1.165, 1.54) is 17.1 Å². The molecule has 0 radical (unpaired) electrons. The molecule has 2 amide bonds. The van der Waals surface area contributed by atoms with E-state index in [-0.39, 0.29) is 25.2 Å². The third-order valence-corrected chi connectivity index (χ3v) is 2.43. The second-order valence-electron chi connectivity index (χ2n) is 4.20. The summed E-state index contributed by atoms with van der Waals surface area (Å²) in [6, 6.07) is -0.573. The molecule has 1 aromatic heterocycles. The molecule has 21 heavy (non-hydrogen) atoms. The fourth-order valence-corrected chi connectivity index (χ4v) is 1.44. The Hall–Kier alpha value is -2.26. The van der Waals surface area contributed by atoms with Crippen molar-refractivity contribution in [3.8, 4) is 0 Å². The number of imidazole rings is 1. The Balaban J connectivity index is 2.14. The van der Waals surface area contributed by atoms with Crippen LogP contribution in [0.15, 0.2) is 12.5 Å². The van der Waals surface area contributed by atoms with Crippen molar-refractivity contribution < 1.29 is 27.9 Å². The topological polar surface area (TPSA) is 96.3 Å². The lowest BCUT2D eigenvalue weighted by atomic mass is 10.3. The quantitative estimate of drug-likeness (QED) is 0.660. The first-order valence-electron chi connectivity index (χ1n) is 6.11. The van der Waals surface area contributed by atoms with Gasteiger partial charge in [-0.05, 0) is 6.42 Å². The molecule has 0 aliphatic rings. The number of urea groups is 1. The van der Waals surface area contributed by atoms with Gasteiger partial charge in [0.15, 0.2) is 5.69 Å². The normalized spacial score (nSPS) is 11.2. The number of hydrogen-bond acceptors (Lipinski definition) is 3. The first-order valence-corrected chi connectivity index (χ1v) is 6.11. The van der Waals surface area contributed by atoms with Crippen LogP contribution < -0.4 is 10.6 Å². The van der Waals surface area contributed by atoms with Gasteiger partial charge in [-0.2, -0.15) is 13.2 Å². The molecule has 3 N–H and O–H groups in total. The van der Waals surface area contributed by atoms with Gasteiger partial charge in [0.2, 0.25) is 0 Å². The van der Waals surface area contributed by atoms with Crippen molar-refractivity contribution in [2.24, 2.45) is 0 Å². The van der Waals surface area contributed by atoms with Gasteiger partial charge in [-0.15, -0.1) is 0 Å². The van der Waals surface area contributed by atoms with Gasteiger partial charge >= 0.3 is 18.2 Å². The van der Waals surface area contributed by atoms with Gasteiger partial charge in [0.25, 0.3) is 0 Å². The molecule has 0 atom stereocenters. The fourth-order valence-electron chi connectivity index (χ4n) is 1.44. The highest BCUT2D eigenvalue weighted by Gasteiger charge is 2.25. The summed E-state index contributed by atoms with van der Waals surface area (Å²) in [6.45, 7) is 0.427. The largest absolute Gasteiger partial charge is 0.476 e. The molecule has 118 valence electrons. The summed E-state index contributed by atoms with van der Waals surface area (Å²) in [5, 5.41) is 13.4. The zero-order valence-corrected chi connectivity index (χ0v) is 11.0. The Morgan fingerprint density at radius 2 is 1.95 bits per heavy atom. The van der Waals surface area contributed by atoms with E-state index in [0.717, 1.165) is 0 Å². The van der Waals surface area contributed by atoms with Crippen LogP contribution in [0.3, 0.4) is 0 Å². The van der Waals surface area contributed by atoms with E-state index >= 15 is 0 Å². The molecule has 0 aromatic carbocycles. The third-order valence-electron chi connectivity index (χ3n) is 2.43. The van der Waals surface area contributed by atoms with Crippen molar-refractivity contribution >= 4 is 12.0 Å². The average molecular weight is 308 g/mol. The summed E-state index contributed by atoms with van der Waals surface area (Å²) in [5.41, 5.74) is -0.105. The minimum Gasteiger partial charge on any atom is -0.476 e. The number of carboxylic acid groups (broad SMARTS) is 1. The van der Waals surface area contributed by atoms with Gasteiger partial charge in [-0.1, -0.05) is 0 Å². The monoisotopic (exact) mass is 308 g/mol. The van der Waals surface area contributed by atoms with Crippen LogP contribution in [0, 0.1) is 0 Å². The summed E-state index contributed by atoms with van der Waals surface area (Å²) in [7, 11) is 0. The Bertz CT molecular complexity index is 487. The number of alkyl halides is 3. The molecule has 0 fully saturated rings. The zero-order chi connectivity index (χ0) is 15.9. The van der Waals surface area contributed by atoms with Crippen LogP contribution in [0.4, 0.5) is 18.0 Å². The van der Waals surface area contributed by atoms with Gasteiger partial charge in [0.1, 0.15) is 0 Å². The molecular weight excluding hydrogens is 293 g/mol. The Labute approximate surface area is 118 Å². The number of nitrogens with one attached hydrogen (secondary N) is 2. The number of carbonyl (C=O) groups excluding carboxylic acids is 1.